The SMILES string of the molecule is COC(=O)[C@@H](CCC(C)=O)NC(=O)C1c2ccccc2-c2ccccc21. The molecule has 3 rings (SSSR count). The molecule has 134 valence electrons. The lowest BCUT2D eigenvalue weighted by molar-refractivity contribution is -0.145. The second-order valence-electron chi connectivity index (χ2n) is 6.43. The van der Waals surface area contributed by atoms with Crippen molar-refractivity contribution in [1.82, 2.24) is 5.32 Å². The molecule has 1 atom stereocenters. The number of fused-ring (bicyclic) bond motifs is 3. The molecule has 1 N–H and O–H groups in total. The van der Waals surface area contributed by atoms with Gasteiger partial charge < -0.3 is 14.8 Å². The maximum Gasteiger partial charge on any atom is 0.328 e. The topological polar surface area (TPSA) is 72.5 Å². The third-order valence-corrected chi connectivity index (χ3v) is 4.68. The molecule has 26 heavy (non-hydrogen) atoms. The Bertz CT molecular complexity index is 813. The average molecular weight is 351 g/mol. The Kier molecular flexibility index (Phi) is 5.16. The summed E-state index contributed by atoms with van der Waals surface area (Å²) in [6.45, 7) is 1.46. The summed E-state index contributed by atoms with van der Waals surface area (Å²) >= 11 is 0. The van der Waals surface area contributed by atoms with Crippen molar-refractivity contribution in [3.63, 3.8) is 0 Å². The van der Waals surface area contributed by atoms with Crippen molar-refractivity contribution in [3.8, 4) is 11.1 Å². The van der Waals surface area contributed by atoms with Crippen LogP contribution in [0.15, 0.2) is 48.5 Å². The first-order valence-electron chi connectivity index (χ1n) is 8.58. The lowest BCUT2D eigenvalue weighted by Gasteiger charge is -2.20. The fourth-order valence-electron chi connectivity index (χ4n) is 3.43. The standard InChI is InChI=1S/C21H21NO4/c1-13(23)11-12-18(21(25)26-2)22-20(24)19-16-9-5-3-7-14(16)15-8-4-6-10-17(15)19/h3-10,18-19H,11-12H2,1-2H3,(H,22,24)/t18-/m1/s1. The molecule has 1 amide bonds. The number of rotatable bonds is 6. The van der Waals surface area contributed by atoms with Gasteiger partial charge in [-0.2, -0.15) is 0 Å². The molecular formula is C21H21NO4. The largest absolute Gasteiger partial charge is 0.467 e. The summed E-state index contributed by atoms with van der Waals surface area (Å²) in [5, 5.41) is 2.78. The Morgan fingerprint density at radius 2 is 1.54 bits per heavy atom. The van der Waals surface area contributed by atoms with Gasteiger partial charge in [-0.3, -0.25) is 4.79 Å². The first-order chi connectivity index (χ1) is 12.5. The van der Waals surface area contributed by atoms with Crippen LogP contribution in [0.2, 0.25) is 0 Å². The van der Waals surface area contributed by atoms with Gasteiger partial charge >= 0.3 is 5.97 Å². The Morgan fingerprint density at radius 3 is 2.04 bits per heavy atom. The summed E-state index contributed by atoms with van der Waals surface area (Å²) in [5.74, 6) is -1.32. The number of benzene rings is 2. The van der Waals surface area contributed by atoms with E-state index in [1.165, 1.54) is 14.0 Å². The summed E-state index contributed by atoms with van der Waals surface area (Å²) < 4.78 is 4.78. The molecule has 0 radical (unpaired) electrons. The second kappa shape index (κ2) is 7.52. The van der Waals surface area contributed by atoms with Gasteiger partial charge in [-0.1, -0.05) is 48.5 Å². The monoisotopic (exact) mass is 351 g/mol. The fourth-order valence-corrected chi connectivity index (χ4v) is 3.43. The predicted molar refractivity (Wildman–Crippen MR) is 97.6 cm³/mol. The normalized spacial score (nSPS) is 13.5. The van der Waals surface area contributed by atoms with E-state index >= 15 is 0 Å². The Hall–Kier alpha value is -2.95. The fraction of sp³-hybridized carbons (Fsp3) is 0.286. The number of hydrogen-bond acceptors (Lipinski definition) is 4. The lowest BCUT2D eigenvalue weighted by Crippen LogP contribution is -2.43. The number of carbonyl (C=O) groups excluding carboxylic acids is 3. The van der Waals surface area contributed by atoms with Crippen LogP contribution in [-0.2, 0) is 19.1 Å². The van der Waals surface area contributed by atoms with Crippen LogP contribution in [0.25, 0.3) is 11.1 Å². The number of methoxy groups -OCH3 is 1. The maximum absolute atomic E-state index is 13.0. The zero-order valence-electron chi connectivity index (χ0n) is 14.8. The molecular weight excluding hydrogens is 330 g/mol. The molecule has 2 aromatic rings. The van der Waals surface area contributed by atoms with Crippen LogP contribution < -0.4 is 5.32 Å². The van der Waals surface area contributed by atoms with Gasteiger partial charge in [0.1, 0.15) is 11.8 Å². The number of esters is 1. The van der Waals surface area contributed by atoms with E-state index in [4.69, 9.17) is 4.74 Å². The van der Waals surface area contributed by atoms with E-state index in [2.05, 4.69) is 5.32 Å². The molecule has 1 aliphatic rings. The van der Waals surface area contributed by atoms with Crippen LogP contribution in [0.3, 0.4) is 0 Å². The highest BCUT2D eigenvalue weighted by atomic mass is 16.5. The van der Waals surface area contributed by atoms with Crippen molar-refractivity contribution in [1.29, 1.82) is 0 Å². The van der Waals surface area contributed by atoms with E-state index in [1.807, 2.05) is 48.5 Å². The molecule has 0 fully saturated rings. The van der Waals surface area contributed by atoms with Crippen molar-refractivity contribution in [2.45, 2.75) is 31.7 Å². The molecule has 5 nitrogen and oxygen atoms in total. The van der Waals surface area contributed by atoms with Crippen LogP contribution in [0.5, 0.6) is 0 Å². The molecule has 5 heteroatoms. The predicted octanol–water partition coefficient (Wildman–Crippen LogP) is 2.83. The number of hydrogen-bond donors (Lipinski definition) is 1. The first kappa shape index (κ1) is 17.9. The summed E-state index contributed by atoms with van der Waals surface area (Å²) in [7, 11) is 1.27. The van der Waals surface area contributed by atoms with E-state index in [1.54, 1.807) is 0 Å². The van der Waals surface area contributed by atoms with Crippen LogP contribution in [0.1, 0.15) is 36.8 Å². The highest BCUT2D eigenvalue weighted by molar-refractivity contribution is 5.97. The first-order valence-corrected chi connectivity index (χ1v) is 8.58. The summed E-state index contributed by atoms with van der Waals surface area (Å²) in [5.41, 5.74) is 3.89. The number of amides is 1. The minimum atomic E-state index is -0.837. The van der Waals surface area contributed by atoms with E-state index < -0.39 is 17.9 Å². The lowest BCUT2D eigenvalue weighted by atomic mass is 9.95. The third-order valence-electron chi connectivity index (χ3n) is 4.68. The van der Waals surface area contributed by atoms with Gasteiger partial charge in [0.05, 0.1) is 13.0 Å². The van der Waals surface area contributed by atoms with Gasteiger partial charge in [-0.25, -0.2) is 4.79 Å². The van der Waals surface area contributed by atoms with Gasteiger partial charge in [0, 0.05) is 6.42 Å². The molecule has 0 unspecified atom stereocenters. The van der Waals surface area contributed by atoms with E-state index in [0.717, 1.165) is 22.3 Å². The molecule has 1 aliphatic carbocycles. The quantitative estimate of drug-likeness (QED) is 0.812. The van der Waals surface area contributed by atoms with E-state index in [9.17, 15) is 14.4 Å². The Morgan fingerprint density at radius 1 is 1.00 bits per heavy atom. The van der Waals surface area contributed by atoms with Gasteiger partial charge in [0.15, 0.2) is 0 Å². The molecule has 0 heterocycles. The van der Waals surface area contributed by atoms with Crippen LogP contribution in [-0.4, -0.2) is 30.8 Å². The zero-order chi connectivity index (χ0) is 18.7. The number of ether oxygens (including phenoxy) is 1. The summed E-state index contributed by atoms with van der Waals surface area (Å²) in [6, 6.07) is 14.7. The highest BCUT2D eigenvalue weighted by Crippen LogP contribution is 2.44. The summed E-state index contributed by atoms with van der Waals surface area (Å²) in [6.07, 6.45) is 0.432. The van der Waals surface area contributed by atoms with Crippen molar-refractivity contribution in [2.24, 2.45) is 0 Å². The van der Waals surface area contributed by atoms with Crippen molar-refractivity contribution in [3.05, 3.63) is 59.7 Å². The highest BCUT2D eigenvalue weighted by Gasteiger charge is 2.35. The van der Waals surface area contributed by atoms with Gasteiger partial charge in [0.25, 0.3) is 0 Å². The minimum absolute atomic E-state index is 0.0373. The molecule has 0 bridgehead atoms. The minimum Gasteiger partial charge on any atom is -0.467 e. The average Bonchev–Trinajstić information content (AvgIpc) is 2.98. The van der Waals surface area contributed by atoms with Gasteiger partial charge in [0.2, 0.25) is 5.91 Å². The number of Topliss-reactive ketones (excluding diaryl/α,β-unsaturated/α-hetero) is 1. The molecule has 0 spiro atoms. The van der Waals surface area contributed by atoms with Gasteiger partial charge in [-0.15, -0.1) is 0 Å². The number of carbonyl (C=O) groups is 3. The molecule has 0 saturated heterocycles. The van der Waals surface area contributed by atoms with Crippen molar-refractivity contribution in [2.75, 3.05) is 7.11 Å². The Labute approximate surface area is 152 Å². The van der Waals surface area contributed by atoms with Gasteiger partial charge in [-0.05, 0) is 35.6 Å². The van der Waals surface area contributed by atoms with Crippen LogP contribution in [0, 0.1) is 0 Å². The van der Waals surface area contributed by atoms with Crippen molar-refractivity contribution >= 4 is 17.7 Å². The zero-order valence-corrected chi connectivity index (χ0v) is 14.8. The van der Waals surface area contributed by atoms with Crippen LogP contribution >= 0.6 is 0 Å². The van der Waals surface area contributed by atoms with Crippen molar-refractivity contribution < 1.29 is 19.1 Å². The number of ketones is 1. The Balaban J connectivity index is 1.89. The number of nitrogens with one attached hydrogen (secondary N) is 1. The van der Waals surface area contributed by atoms with Crippen LogP contribution in [0.4, 0.5) is 0 Å². The third kappa shape index (κ3) is 3.38. The summed E-state index contributed by atoms with van der Waals surface area (Å²) in [4.78, 5) is 36.3. The molecule has 0 aliphatic heterocycles. The van der Waals surface area contributed by atoms with E-state index in [0.29, 0.717) is 0 Å². The second-order valence-corrected chi connectivity index (χ2v) is 6.43. The maximum atomic E-state index is 13.0. The molecule has 0 saturated carbocycles. The molecule has 0 aromatic heterocycles. The smallest absolute Gasteiger partial charge is 0.328 e. The van der Waals surface area contributed by atoms with E-state index in [-0.39, 0.29) is 24.5 Å². The molecule has 2 aromatic carbocycles.